The van der Waals surface area contributed by atoms with Crippen LogP contribution in [-0.2, 0) is 19.4 Å². The molecule has 0 bridgehead atoms. The average molecular weight is 458 g/mol. The van der Waals surface area contributed by atoms with Crippen LogP contribution in [0.2, 0.25) is 10.0 Å². The van der Waals surface area contributed by atoms with Crippen molar-refractivity contribution in [3.63, 3.8) is 0 Å². The Labute approximate surface area is 195 Å². The van der Waals surface area contributed by atoms with Gasteiger partial charge in [0.25, 0.3) is 0 Å². The van der Waals surface area contributed by atoms with E-state index in [-0.39, 0.29) is 12.7 Å². The summed E-state index contributed by atoms with van der Waals surface area (Å²) in [6.45, 7) is 10.6. The van der Waals surface area contributed by atoms with E-state index in [1.807, 2.05) is 26.8 Å². The van der Waals surface area contributed by atoms with Gasteiger partial charge >= 0.3 is 0 Å². The summed E-state index contributed by atoms with van der Waals surface area (Å²) in [6.07, 6.45) is 1.91. The van der Waals surface area contributed by atoms with Gasteiger partial charge in [0.05, 0.1) is 27.4 Å². The molecule has 0 spiro atoms. The summed E-state index contributed by atoms with van der Waals surface area (Å²) >= 11 is 12.6. The van der Waals surface area contributed by atoms with E-state index < -0.39 is 0 Å². The SMILES string of the molecule is CCc1cccc(CC)c1-c1cc(OC(C)C)c(COc2c(Cl)cccc2Cl)c(C)n1. The number of aryl methyl sites for hydroxylation is 3. The van der Waals surface area contributed by atoms with E-state index in [0.29, 0.717) is 15.8 Å². The molecule has 3 nitrogen and oxygen atoms in total. The molecule has 31 heavy (non-hydrogen) atoms. The lowest BCUT2D eigenvalue weighted by molar-refractivity contribution is 0.229. The molecule has 5 heteroatoms. The fourth-order valence-electron chi connectivity index (χ4n) is 3.67. The van der Waals surface area contributed by atoms with Crippen molar-refractivity contribution in [1.82, 2.24) is 4.98 Å². The Morgan fingerprint density at radius 3 is 2.06 bits per heavy atom. The molecule has 0 unspecified atom stereocenters. The Kier molecular flexibility index (Phi) is 7.85. The first-order valence-electron chi connectivity index (χ1n) is 10.7. The third-order valence-corrected chi connectivity index (χ3v) is 5.78. The van der Waals surface area contributed by atoms with E-state index in [1.165, 1.54) is 16.7 Å². The first-order chi connectivity index (χ1) is 14.8. The molecule has 0 amide bonds. The van der Waals surface area contributed by atoms with Gasteiger partial charge < -0.3 is 9.47 Å². The molecule has 0 saturated carbocycles. The highest BCUT2D eigenvalue weighted by atomic mass is 35.5. The van der Waals surface area contributed by atoms with Gasteiger partial charge in [-0.1, -0.05) is 61.3 Å². The van der Waals surface area contributed by atoms with Crippen LogP contribution < -0.4 is 9.47 Å². The third-order valence-electron chi connectivity index (χ3n) is 5.19. The summed E-state index contributed by atoms with van der Waals surface area (Å²) in [4.78, 5) is 4.96. The lowest BCUT2D eigenvalue weighted by atomic mass is 9.94. The molecular formula is C26H29Cl2NO2. The zero-order chi connectivity index (χ0) is 22.5. The summed E-state index contributed by atoms with van der Waals surface area (Å²) in [6, 6.07) is 13.8. The lowest BCUT2D eigenvalue weighted by Crippen LogP contribution is -2.11. The smallest absolute Gasteiger partial charge is 0.156 e. The summed E-state index contributed by atoms with van der Waals surface area (Å²) in [5.41, 5.74) is 6.46. The minimum absolute atomic E-state index is 0.0179. The maximum absolute atomic E-state index is 6.28. The number of hydrogen-bond acceptors (Lipinski definition) is 3. The van der Waals surface area contributed by atoms with Gasteiger partial charge in [0.1, 0.15) is 12.4 Å². The number of hydrogen-bond donors (Lipinski definition) is 0. The van der Waals surface area contributed by atoms with Crippen LogP contribution in [0.4, 0.5) is 0 Å². The van der Waals surface area contributed by atoms with Crippen LogP contribution in [0.1, 0.15) is 50.1 Å². The molecule has 3 rings (SSSR count). The normalized spacial score (nSPS) is 11.1. The van der Waals surface area contributed by atoms with Crippen molar-refractivity contribution in [2.24, 2.45) is 0 Å². The monoisotopic (exact) mass is 457 g/mol. The van der Waals surface area contributed by atoms with Crippen LogP contribution in [0.25, 0.3) is 11.3 Å². The molecule has 0 aliphatic heterocycles. The fraction of sp³-hybridized carbons (Fsp3) is 0.346. The van der Waals surface area contributed by atoms with Gasteiger partial charge in [0.2, 0.25) is 0 Å². The Hall–Kier alpha value is -2.23. The molecule has 0 atom stereocenters. The zero-order valence-corrected chi connectivity index (χ0v) is 20.3. The number of halogens is 2. The van der Waals surface area contributed by atoms with Crippen molar-refractivity contribution in [2.45, 2.75) is 60.2 Å². The van der Waals surface area contributed by atoms with Crippen molar-refractivity contribution in [1.29, 1.82) is 0 Å². The minimum atomic E-state index is 0.0179. The molecular weight excluding hydrogens is 429 g/mol. The van der Waals surface area contributed by atoms with Gasteiger partial charge in [-0.05, 0) is 56.9 Å². The quantitative estimate of drug-likeness (QED) is 0.344. The van der Waals surface area contributed by atoms with E-state index in [1.54, 1.807) is 18.2 Å². The Morgan fingerprint density at radius 1 is 0.935 bits per heavy atom. The Balaban J connectivity index is 2.07. The fourth-order valence-corrected chi connectivity index (χ4v) is 4.18. The largest absolute Gasteiger partial charge is 0.490 e. The number of ether oxygens (including phenoxy) is 2. The van der Waals surface area contributed by atoms with Crippen LogP contribution in [0.15, 0.2) is 42.5 Å². The molecule has 0 aliphatic carbocycles. The van der Waals surface area contributed by atoms with Gasteiger partial charge in [-0.15, -0.1) is 0 Å². The minimum Gasteiger partial charge on any atom is -0.490 e. The Bertz CT molecular complexity index is 1020. The van der Waals surface area contributed by atoms with Gasteiger partial charge in [-0.2, -0.15) is 0 Å². The predicted octanol–water partition coefficient (Wildman–Crippen LogP) is 7.85. The van der Waals surface area contributed by atoms with Crippen LogP contribution in [0.3, 0.4) is 0 Å². The number of aromatic nitrogens is 1. The number of rotatable bonds is 8. The van der Waals surface area contributed by atoms with E-state index in [4.69, 9.17) is 37.7 Å². The summed E-state index contributed by atoms with van der Waals surface area (Å²) in [5.74, 6) is 1.24. The highest BCUT2D eigenvalue weighted by Crippen LogP contribution is 2.36. The molecule has 0 N–H and O–H groups in total. The Morgan fingerprint density at radius 2 is 1.52 bits per heavy atom. The molecule has 1 heterocycles. The van der Waals surface area contributed by atoms with Crippen LogP contribution in [0, 0.1) is 6.92 Å². The standard InChI is InChI=1S/C26H29Cl2NO2/c1-6-18-10-8-11-19(7-2)25(18)23-14-24(31-16(3)4)20(17(5)29-23)15-30-26-21(27)12-9-13-22(26)28/h8-14,16H,6-7,15H2,1-5H3. The second-order valence-corrected chi connectivity index (χ2v) is 8.55. The molecule has 0 aliphatic rings. The van der Waals surface area contributed by atoms with E-state index in [0.717, 1.165) is 35.5 Å². The number of nitrogens with zero attached hydrogens (tertiary/aromatic N) is 1. The first-order valence-corrected chi connectivity index (χ1v) is 11.5. The van der Waals surface area contributed by atoms with Crippen molar-refractivity contribution >= 4 is 23.2 Å². The molecule has 2 aromatic carbocycles. The second-order valence-electron chi connectivity index (χ2n) is 7.73. The number of para-hydroxylation sites is 1. The topological polar surface area (TPSA) is 31.4 Å². The van der Waals surface area contributed by atoms with E-state index in [2.05, 4.69) is 32.0 Å². The molecule has 1 aromatic heterocycles. The highest BCUT2D eigenvalue weighted by molar-refractivity contribution is 6.37. The predicted molar refractivity (Wildman–Crippen MR) is 130 cm³/mol. The van der Waals surface area contributed by atoms with E-state index in [9.17, 15) is 0 Å². The van der Waals surface area contributed by atoms with Gasteiger partial charge in [0.15, 0.2) is 5.75 Å². The van der Waals surface area contributed by atoms with Crippen molar-refractivity contribution < 1.29 is 9.47 Å². The molecule has 3 aromatic rings. The van der Waals surface area contributed by atoms with Gasteiger partial charge in [-0.25, -0.2) is 0 Å². The van der Waals surface area contributed by atoms with Crippen LogP contribution in [0.5, 0.6) is 11.5 Å². The first kappa shape index (κ1) is 23.4. The molecule has 0 radical (unpaired) electrons. The second kappa shape index (κ2) is 10.4. The van der Waals surface area contributed by atoms with Crippen molar-refractivity contribution in [2.75, 3.05) is 0 Å². The lowest BCUT2D eigenvalue weighted by Gasteiger charge is -2.20. The number of benzene rings is 2. The molecule has 0 fully saturated rings. The third kappa shape index (κ3) is 5.34. The maximum atomic E-state index is 6.28. The molecule has 164 valence electrons. The zero-order valence-electron chi connectivity index (χ0n) is 18.8. The van der Waals surface area contributed by atoms with Crippen LogP contribution in [-0.4, -0.2) is 11.1 Å². The summed E-state index contributed by atoms with van der Waals surface area (Å²) in [5, 5.41) is 0.955. The van der Waals surface area contributed by atoms with E-state index >= 15 is 0 Å². The average Bonchev–Trinajstić information content (AvgIpc) is 2.73. The summed E-state index contributed by atoms with van der Waals surface area (Å²) in [7, 11) is 0. The highest BCUT2D eigenvalue weighted by Gasteiger charge is 2.18. The molecule has 0 saturated heterocycles. The van der Waals surface area contributed by atoms with Gasteiger partial charge in [0, 0.05) is 17.3 Å². The number of pyridine rings is 1. The van der Waals surface area contributed by atoms with Crippen molar-refractivity contribution in [3.8, 4) is 22.8 Å². The van der Waals surface area contributed by atoms with Crippen molar-refractivity contribution in [3.05, 3.63) is 74.9 Å². The van der Waals surface area contributed by atoms with Crippen LogP contribution >= 0.6 is 23.2 Å². The maximum Gasteiger partial charge on any atom is 0.156 e. The summed E-state index contributed by atoms with van der Waals surface area (Å²) < 4.78 is 12.2. The van der Waals surface area contributed by atoms with Gasteiger partial charge in [-0.3, -0.25) is 4.98 Å².